The monoisotopic (exact) mass is 237 g/mol. The average molecular weight is 237 g/mol. The van der Waals surface area contributed by atoms with E-state index in [2.05, 4.69) is 20.6 Å². The summed E-state index contributed by atoms with van der Waals surface area (Å²) in [5, 5.41) is 3.15. The molecule has 0 bridgehead atoms. The van der Waals surface area contributed by atoms with E-state index in [-0.39, 0.29) is 0 Å². The summed E-state index contributed by atoms with van der Waals surface area (Å²) in [5.41, 5.74) is 1.74. The molecule has 6 heteroatoms. The van der Waals surface area contributed by atoms with Crippen LogP contribution >= 0.6 is 11.7 Å². The second kappa shape index (κ2) is 4.89. The zero-order valence-corrected chi connectivity index (χ0v) is 9.83. The van der Waals surface area contributed by atoms with E-state index in [4.69, 9.17) is 4.74 Å². The zero-order chi connectivity index (χ0) is 11.4. The van der Waals surface area contributed by atoms with Crippen LogP contribution in [0.15, 0.2) is 18.9 Å². The predicted molar refractivity (Wildman–Crippen MR) is 63.8 cm³/mol. The van der Waals surface area contributed by atoms with Crippen molar-refractivity contribution in [2.75, 3.05) is 20.3 Å². The Bertz CT molecular complexity index is 449. The molecule has 0 atom stereocenters. The van der Waals surface area contributed by atoms with E-state index in [1.807, 2.05) is 24.0 Å². The fourth-order valence-electron chi connectivity index (χ4n) is 1.34. The predicted octanol–water partition coefficient (Wildman–Crippen LogP) is 0.718. The molecule has 1 N–H and O–H groups in total. The first-order valence-electron chi connectivity index (χ1n) is 4.86. The van der Waals surface area contributed by atoms with Gasteiger partial charge in [0.25, 0.3) is 5.88 Å². The van der Waals surface area contributed by atoms with E-state index in [0.717, 1.165) is 29.7 Å². The Hall–Kier alpha value is -1.69. The third-order valence-corrected chi connectivity index (χ3v) is 2.54. The molecule has 0 unspecified atom stereocenters. The summed E-state index contributed by atoms with van der Waals surface area (Å²) in [7, 11) is 1.99. The quantitative estimate of drug-likeness (QED) is 0.619. The molecule has 0 saturated carbocycles. The van der Waals surface area contributed by atoms with E-state index < -0.39 is 0 Å². The van der Waals surface area contributed by atoms with Gasteiger partial charge >= 0.3 is 0 Å². The Balaban J connectivity index is 2.23. The van der Waals surface area contributed by atoms with Crippen LogP contribution in [0.25, 0.3) is 5.57 Å². The highest BCUT2D eigenvalue weighted by atomic mass is 32.1. The second-order valence-electron chi connectivity index (χ2n) is 3.37. The summed E-state index contributed by atoms with van der Waals surface area (Å²) in [6.07, 6.45) is 5.61. The number of nitrogens with zero attached hydrogens (tertiary/aromatic N) is 3. The molecule has 2 heterocycles. The fraction of sp³-hybridized carbons (Fsp3) is 0.300. The smallest absolute Gasteiger partial charge is 0.254 e. The van der Waals surface area contributed by atoms with Crippen LogP contribution in [-0.4, -0.2) is 39.9 Å². The third kappa shape index (κ3) is 2.27. The van der Waals surface area contributed by atoms with E-state index in [0.29, 0.717) is 12.5 Å². The van der Waals surface area contributed by atoms with E-state index in [9.17, 15) is 0 Å². The Morgan fingerprint density at radius 1 is 1.69 bits per heavy atom. The van der Waals surface area contributed by atoms with Gasteiger partial charge in [0.05, 0.1) is 17.3 Å². The van der Waals surface area contributed by atoms with Gasteiger partial charge in [-0.2, -0.15) is 4.37 Å². The number of rotatable bonds is 4. The maximum absolute atomic E-state index is 5.43. The molecule has 1 aromatic rings. The van der Waals surface area contributed by atoms with Gasteiger partial charge in [0.15, 0.2) is 11.9 Å². The second-order valence-corrected chi connectivity index (χ2v) is 3.89. The molecule has 2 rings (SSSR count). The van der Waals surface area contributed by atoms with Crippen molar-refractivity contribution in [2.45, 2.75) is 0 Å². The number of hydrogen-bond donors (Lipinski definition) is 1. The SMILES string of the molecule is C=CCOc1nsnc1C1=CNC[N+](C)=C1. The molecule has 84 valence electrons. The molecule has 1 aliphatic heterocycles. The Morgan fingerprint density at radius 3 is 3.31 bits per heavy atom. The van der Waals surface area contributed by atoms with Gasteiger partial charge in [-0.3, -0.25) is 0 Å². The first kappa shape index (κ1) is 10.8. The fourth-order valence-corrected chi connectivity index (χ4v) is 1.86. The Labute approximate surface area is 98.1 Å². The summed E-state index contributed by atoms with van der Waals surface area (Å²) in [6, 6.07) is 0. The summed E-state index contributed by atoms with van der Waals surface area (Å²) in [6.45, 7) is 4.84. The molecule has 0 amide bonds. The lowest BCUT2D eigenvalue weighted by molar-refractivity contribution is -0.496. The average Bonchev–Trinajstić information content (AvgIpc) is 2.74. The maximum Gasteiger partial charge on any atom is 0.254 e. The molecular weight excluding hydrogens is 224 g/mol. The largest absolute Gasteiger partial charge is 0.471 e. The summed E-state index contributed by atoms with van der Waals surface area (Å²) < 4.78 is 15.8. The molecule has 0 aromatic carbocycles. The zero-order valence-electron chi connectivity index (χ0n) is 9.01. The lowest BCUT2D eigenvalue weighted by Gasteiger charge is -2.07. The van der Waals surface area contributed by atoms with E-state index in [1.54, 1.807) is 6.08 Å². The standard InChI is InChI=1S/C10H12N4OS/c1-3-4-15-10-9(12-16-13-10)8-5-11-7-14(2)6-8/h3,5-6H,1,4,7H2,2H3/p+1. The summed E-state index contributed by atoms with van der Waals surface area (Å²) in [4.78, 5) is 0. The van der Waals surface area contributed by atoms with Gasteiger partial charge in [0.2, 0.25) is 6.67 Å². The van der Waals surface area contributed by atoms with Gasteiger partial charge < -0.3 is 10.1 Å². The molecule has 0 saturated heterocycles. The molecule has 16 heavy (non-hydrogen) atoms. The first-order valence-corrected chi connectivity index (χ1v) is 5.59. The van der Waals surface area contributed by atoms with Crippen molar-refractivity contribution in [3.05, 3.63) is 24.5 Å². The molecule has 0 radical (unpaired) electrons. The normalized spacial score (nSPS) is 14.8. The summed E-state index contributed by atoms with van der Waals surface area (Å²) in [5.74, 6) is 0.560. The number of hydrogen-bond acceptors (Lipinski definition) is 5. The minimum Gasteiger partial charge on any atom is -0.471 e. The van der Waals surface area contributed by atoms with Gasteiger partial charge in [0.1, 0.15) is 13.7 Å². The molecule has 1 aromatic heterocycles. The van der Waals surface area contributed by atoms with Gasteiger partial charge in [0, 0.05) is 6.20 Å². The molecule has 1 aliphatic rings. The van der Waals surface area contributed by atoms with Crippen molar-refractivity contribution in [1.82, 2.24) is 14.1 Å². The topological polar surface area (TPSA) is 50.1 Å². The lowest BCUT2D eigenvalue weighted by Crippen LogP contribution is -2.25. The summed E-state index contributed by atoms with van der Waals surface area (Å²) >= 11 is 1.15. The van der Waals surface area contributed by atoms with Crippen molar-refractivity contribution >= 4 is 23.5 Å². The van der Waals surface area contributed by atoms with Gasteiger partial charge in [-0.15, -0.1) is 4.37 Å². The van der Waals surface area contributed by atoms with Crippen LogP contribution in [0.4, 0.5) is 0 Å². The molecular formula is C10H13N4OS+. The minimum absolute atomic E-state index is 0.439. The molecule has 5 nitrogen and oxygen atoms in total. The van der Waals surface area contributed by atoms with Crippen LogP contribution < -0.4 is 10.1 Å². The first-order chi connectivity index (χ1) is 7.81. The van der Waals surface area contributed by atoms with Crippen LogP contribution in [-0.2, 0) is 0 Å². The van der Waals surface area contributed by atoms with Gasteiger partial charge in [-0.1, -0.05) is 12.7 Å². The van der Waals surface area contributed by atoms with Crippen LogP contribution in [0.5, 0.6) is 5.88 Å². The lowest BCUT2D eigenvalue weighted by atomic mass is 10.2. The highest BCUT2D eigenvalue weighted by Crippen LogP contribution is 2.22. The molecule has 0 aliphatic carbocycles. The van der Waals surface area contributed by atoms with E-state index >= 15 is 0 Å². The number of nitrogens with one attached hydrogen (secondary N) is 1. The Morgan fingerprint density at radius 2 is 2.56 bits per heavy atom. The van der Waals surface area contributed by atoms with Crippen LogP contribution in [0.1, 0.15) is 5.69 Å². The minimum atomic E-state index is 0.439. The number of ether oxygens (including phenoxy) is 1. The van der Waals surface area contributed by atoms with Crippen molar-refractivity contribution in [1.29, 1.82) is 0 Å². The Kier molecular flexibility index (Phi) is 3.31. The van der Waals surface area contributed by atoms with Crippen molar-refractivity contribution in [2.24, 2.45) is 0 Å². The maximum atomic E-state index is 5.43. The van der Waals surface area contributed by atoms with Crippen molar-refractivity contribution < 1.29 is 9.31 Å². The van der Waals surface area contributed by atoms with Crippen molar-refractivity contribution in [3.8, 4) is 5.88 Å². The molecule has 0 spiro atoms. The van der Waals surface area contributed by atoms with Gasteiger partial charge in [-0.05, 0) is 0 Å². The number of aromatic nitrogens is 2. The molecule has 0 fully saturated rings. The van der Waals surface area contributed by atoms with Crippen LogP contribution in [0.2, 0.25) is 0 Å². The number of allylic oxidation sites excluding steroid dienone is 1. The van der Waals surface area contributed by atoms with Crippen LogP contribution in [0.3, 0.4) is 0 Å². The van der Waals surface area contributed by atoms with Crippen LogP contribution in [0, 0.1) is 0 Å². The third-order valence-electron chi connectivity index (χ3n) is 2.03. The highest BCUT2D eigenvalue weighted by molar-refractivity contribution is 6.99. The van der Waals surface area contributed by atoms with Gasteiger partial charge in [-0.25, -0.2) is 4.58 Å². The van der Waals surface area contributed by atoms with E-state index in [1.165, 1.54) is 0 Å². The highest BCUT2D eigenvalue weighted by Gasteiger charge is 2.17. The van der Waals surface area contributed by atoms with Crippen molar-refractivity contribution in [3.63, 3.8) is 0 Å².